The first-order valence-corrected chi connectivity index (χ1v) is 10.7. The maximum atomic E-state index is 13.6. The summed E-state index contributed by atoms with van der Waals surface area (Å²) in [7, 11) is 0. The molecule has 1 aliphatic heterocycles. The van der Waals surface area contributed by atoms with Crippen LogP contribution in [0.25, 0.3) is 49.2 Å². The van der Waals surface area contributed by atoms with Gasteiger partial charge in [0.05, 0.1) is 22.9 Å². The van der Waals surface area contributed by atoms with E-state index in [0.717, 1.165) is 74.5 Å². The van der Waals surface area contributed by atoms with Gasteiger partial charge in [0.1, 0.15) is 5.69 Å². The molecule has 5 nitrogen and oxygen atoms in total. The molecule has 5 aromatic rings. The molecular weight excluding hydrogens is 397 g/mol. The molecule has 0 saturated heterocycles. The van der Waals surface area contributed by atoms with Crippen LogP contribution in [0.15, 0.2) is 54.9 Å². The number of rotatable bonds is 3. The van der Waals surface area contributed by atoms with E-state index >= 15 is 0 Å². The number of H-pyrrole nitrogens is 2. The molecule has 1 aromatic carbocycles. The number of benzene rings is 1. The molecule has 6 rings (SSSR count). The van der Waals surface area contributed by atoms with Crippen LogP contribution in [0.3, 0.4) is 0 Å². The van der Waals surface area contributed by atoms with Crippen LogP contribution in [0.1, 0.15) is 12.0 Å². The highest BCUT2D eigenvalue weighted by molar-refractivity contribution is 7.14. The number of halogens is 1. The van der Waals surface area contributed by atoms with E-state index in [1.165, 1.54) is 17.2 Å². The molecule has 4 aromatic heterocycles. The van der Waals surface area contributed by atoms with Crippen molar-refractivity contribution < 1.29 is 4.39 Å². The molecular formula is C23H18FN5S. The third-order valence-corrected chi connectivity index (χ3v) is 6.54. The Bertz CT molecular complexity index is 1420. The van der Waals surface area contributed by atoms with Crippen molar-refractivity contribution in [1.29, 1.82) is 0 Å². The van der Waals surface area contributed by atoms with Crippen LogP contribution in [0.5, 0.6) is 0 Å². The molecule has 0 amide bonds. The third kappa shape index (κ3) is 2.86. The van der Waals surface area contributed by atoms with Crippen LogP contribution in [0.4, 0.5) is 4.39 Å². The maximum absolute atomic E-state index is 13.6. The summed E-state index contributed by atoms with van der Waals surface area (Å²) in [6.07, 6.45) is 6.87. The average Bonchev–Trinajstić information content (AvgIpc) is 3.51. The molecule has 30 heavy (non-hydrogen) atoms. The van der Waals surface area contributed by atoms with E-state index in [4.69, 9.17) is 0 Å². The van der Waals surface area contributed by atoms with E-state index in [1.54, 1.807) is 18.5 Å². The number of aromatic nitrogens is 4. The molecule has 5 heterocycles. The molecule has 7 heteroatoms. The molecule has 0 saturated carbocycles. The topological polar surface area (TPSA) is 69.4 Å². The van der Waals surface area contributed by atoms with Gasteiger partial charge in [0.2, 0.25) is 0 Å². The van der Waals surface area contributed by atoms with Crippen molar-refractivity contribution in [2.45, 2.75) is 6.42 Å². The molecule has 0 fully saturated rings. The Morgan fingerprint density at radius 3 is 2.80 bits per heavy atom. The van der Waals surface area contributed by atoms with Gasteiger partial charge in [0.25, 0.3) is 0 Å². The third-order valence-electron chi connectivity index (χ3n) is 5.64. The van der Waals surface area contributed by atoms with Gasteiger partial charge in [0, 0.05) is 34.0 Å². The zero-order valence-electron chi connectivity index (χ0n) is 16.0. The summed E-state index contributed by atoms with van der Waals surface area (Å²) >= 11 is 1.13. The lowest BCUT2D eigenvalue weighted by molar-refractivity contribution is 0.657. The number of hydrogen-bond donors (Lipinski definition) is 3. The Labute approximate surface area is 175 Å². The van der Waals surface area contributed by atoms with Gasteiger partial charge < -0.3 is 10.3 Å². The number of hydrogen-bond acceptors (Lipinski definition) is 4. The summed E-state index contributed by atoms with van der Waals surface area (Å²) in [5.74, 6) is 0. The molecule has 148 valence electrons. The van der Waals surface area contributed by atoms with Crippen molar-refractivity contribution in [1.82, 2.24) is 25.5 Å². The quantitative estimate of drug-likeness (QED) is 0.372. The highest BCUT2D eigenvalue weighted by Gasteiger charge is 2.16. The van der Waals surface area contributed by atoms with Crippen LogP contribution in [0, 0.1) is 5.13 Å². The van der Waals surface area contributed by atoms with Crippen LogP contribution < -0.4 is 5.32 Å². The molecule has 0 atom stereocenters. The summed E-state index contributed by atoms with van der Waals surface area (Å²) in [5.41, 5.74) is 7.22. The largest absolute Gasteiger partial charge is 0.352 e. The predicted octanol–water partition coefficient (Wildman–Crippen LogP) is 5.35. The molecule has 3 N–H and O–H groups in total. The van der Waals surface area contributed by atoms with Crippen molar-refractivity contribution in [3.8, 4) is 21.8 Å². The number of aromatic amines is 2. The molecule has 1 aliphatic rings. The first kappa shape index (κ1) is 17.6. The van der Waals surface area contributed by atoms with E-state index in [9.17, 15) is 4.39 Å². The van der Waals surface area contributed by atoms with Gasteiger partial charge in [-0.2, -0.15) is 9.49 Å². The first-order chi connectivity index (χ1) is 14.8. The van der Waals surface area contributed by atoms with Gasteiger partial charge in [-0.15, -0.1) is 11.3 Å². The number of pyridine rings is 1. The smallest absolute Gasteiger partial charge is 0.176 e. The predicted molar refractivity (Wildman–Crippen MR) is 120 cm³/mol. The normalized spacial score (nSPS) is 14.5. The molecule has 0 spiro atoms. The van der Waals surface area contributed by atoms with E-state index in [0.29, 0.717) is 0 Å². The van der Waals surface area contributed by atoms with Crippen molar-refractivity contribution in [3.63, 3.8) is 0 Å². The fourth-order valence-electron chi connectivity index (χ4n) is 4.14. The number of nitrogens with one attached hydrogen (secondary N) is 3. The lowest BCUT2D eigenvalue weighted by Gasteiger charge is -2.14. The van der Waals surface area contributed by atoms with E-state index in [2.05, 4.69) is 55.8 Å². The minimum Gasteiger partial charge on any atom is -0.352 e. The molecule has 0 bridgehead atoms. The van der Waals surface area contributed by atoms with Crippen molar-refractivity contribution >= 4 is 38.7 Å². The minimum absolute atomic E-state index is 0.198. The Morgan fingerprint density at radius 2 is 1.97 bits per heavy atom. The SMILES string of the molecule is Fc1ccc(-c2cncc3[nH]c(-c4n[nH]c5ccc(C6=CCNCC6)cc45)cc23)s1. The number of nitrogens with zero attached hydrogens (tertiary/aromatic N) is 2. The van der Waals surface area contributed by atoms with E-state index in [-0.39, 0.29) is 5.13 Å². The Morgan fingerprint density at radius 1 is 1.00 bits per heavy atom. The van der Waals surface area contributed by atoms with Gasteiger partial charge in [-0.3, -0.25) is 10.1 Å². The fourth-order valence-corrected chi connectivity index (χ4v) is 4.89. The summed E-state index contributed by atoms with van der Waals surface area (Å²) in [6.45, 7) is 1.91. The lowest BCUT2D eigenvalue weighted by atomic mass is 9.98. The molecule has 0 radical (unpaired) electrons. The van der Waals surface area contributed by atoms with Gasteiger partial charge in [-0.05, 0) is 54.4 Å². The summed E-state index contributed by atoms with van der Waals surface area (Å²) < 4.78 is 13.6. The van der Waals surface area contributed by atoms with Crippen molar-refractivity contribution in [3.05, 3.63) is 65.6 Å². The van der Waals surface area contributed by atoms with Gasteiger partial charge in [0.15, 0.2) is 5.13 Å². The van der Waals surface area contributed by atoms with Gasteiger partial charge >= 0.3 is 0 Å². The molecule has 0 unspecified atom stereocenters. The Kier molecular flexibility index (Phi) is 4.04. The van der Waals surface area contributed by atoms with Crippen LogP contribution in [-0.2, 0) is 0 Å². The van der Waals surface area contributed by atoms with Crippen molar-refractivity contribution in [2.75, 3.05) is 13.1 Å². The first-order valence-electron chi connectivity index (χ1n) is 9.87. The lowest BCUT2D eigenvalue weighted by Crippen LogP contribution is -2.19. The zero-order valence-corrected chi connectivity index (χ0v) is 16.8. The van der Waals surface area contributed by atoms with Crippen molar-refractivity contribution in [2.24, 2.45) is 0 Å². The molecule has 0 aliphatic carbocycles. The number of thiophene rings is 1. The number of fused-ring (bicyclic) bond motifs is 2. The second kappa shape index (κ2) is 6.90. The van der Waals surface area contributed by atoms with Crippen LogP contribution in [-0.4, -0.2) is 33.3 Å². The van der Waals surface area contributed by atoms with Gasteiger partial charge in [-0.1, -0.05) is 12.1 Å². The minimum atomic E-state index is -0.198. The highest BCUT2D eigenvalue weighted by Crippen LogP contribution is 2.36. The van der Waals surface area contributed by atoms with Gasteiger partial charge in [-0.25, -0.2) is 0 Å². The fraction of sp³-hybridized carbons (Fsp3) is 0.130. The van der Waals surface area contributed by atoms with E-state index in [1.807, 2.05) is 0 Å². The maximum Gasteiger partial charge on any atom is 0.176 e. The standard InChI is InChI=1S/C23H18FN5S/c24-22-4-3-21(30-22)17-11-26-12-20-15(17)10-19(27-20)23-16-9-14(1-2-18(16)28-29-23)13-5-7-25-8-6-13/h1-5,9-12,25,27H,6-8H2,(H,28,29). The van der Waals surface area contributed by atoms with Crippen LogP contribution >= 0.6 is 11.3 Å². The second-order valence-electron chi connectivity index (χ2n) is 7.45. The average molecular weight is 415 g/mol. The zero-order chi connectivity index (χ0) is 20.1. The Hall–Kier alpha value is -3.29. The monoisotopic (exact) mass is 415 g/mol. The highest BCUT2D eigenvalue weighted by atomic mass is 32.1. The van der Waals surface area contributed by atoms with Crippen LogP contribution in [0.2, 0.25) is 0 Å². The van der Waals surface area contributed by atoms with E-state index < -0.39 is 0 Å². The summed E-state index contributed by atoms with van der Waals surface area (Å²) in [6, 6.07) is 11.8. The summed E-state index contributed by atoms with van der Waals surface area (Å²) in [5, 5.41) is 13.0. The summed E-state index contributed by atoms with van der Waals surface area (Å²) in [4.78, 5) is 8.65. The Balaban J connectivity index is 1.49. The second-order valence-corrected chi connectivity index (χ2v) is 8.49.